The molecule has 0 unspecified atom stereocenters. The quantitative estimate of drug-likeness (QED) is 0.152. The fourth-order valence-corrected chi connectivity index (χ4v) is 2.71. The van der Waals surface area contributed by atoms with Crippen LogP contribution in [0.3, 0.4) is 0 Å². The Hall–Kier alpha value is -2.92. The van der Waals surface area contributed by atoms with Crippen LogP contribution in [0.2, 0.25) is 10.0 Å². The third-order valence-corrected chi connectivity index (χ3v) is 4.56. The fraction of sp³-hybridized carbons (Fsp3) is 0.304. The summed E-state index contributed by atoms with van der Waals surface area (Å²) in [5.41, 5.74) is 24.1. The molecule has 0 fully saturated rings. The molecule has 0 saturated heterocycles. The molecule has 2 aromatic carbocycles. The van der Waals surface area contributed by atoms with Crippen LogP contribution in [0.25, 0.3) is 0 Å². The SMILES string of the molecule is CCCCCN=C(N)N=C(N)Nc1ccc(Cl)cc1.CCN=C(N)N=C(N)Nc1ccc(Cl)cc1.Cl.Cl. The Morgan fingerprint density at radius 1 is 0.676 bits per heavy atom. The highest BCUT2D eigenvalue weighted by Crippen LogP contribution is 2.13. The first-order valence-corrected chi connectivity index (χ1v) is 11.8. The van der Waals surface area contributed by atoms with E-state index in [9.17, 15) is 0 Å². The lowest BCUT2D eigenvalue weighted by Crippen LogP contribution is -2.26. The number of nitrogens with zero attached hydrogens (tertiary/aromatic N) is 4. The van der Waals surface area contributed by atoms with Crippen molar-refractivity contribution in [2.45, 2.75) is 33.1 Å². The van der Waals surface area contributed by atoms with E-state index in [0.29, 0.717) is 23.1 Å². The van der Waals surface area contributed by atoms with Crippen LogP contribution in [0.5, 0.6) is 0 Å². The average molecular weight is 594 g/mol. The van der Waals surface area contributed by atoms with E-state index >= 15 is 0 Å². The molecule has 0 heterocycles. The number of halogens is 4. The minimum Gasteiger partial charge on any atom is -0.369 e. The van der Waals surface area contributed by atoms with Gasteiger partial charge in [-0.2, -0.15) is 9.98 Å². The molecule has 0 saturated carbocycles. The average Bonchev–Trinajstić information content (AvgIpc) is 2.80. The molecule has 0 radical (unpaired) electrons. The van der Waals surface area contributed by atoms with E-state index in [2.05, 4.69) is 37.5 Å². The van der Waals surface area contributed by atoms with Crippen LogP contribution in [0.1, 0.15) is 33.1 Å². The monoisotopic (exact) mass is 592 g/mol. The van der Waals surface area contributed by atoms with Gasteiger partial charge in [0.15, 0.2) is 0 Å². The van der Waals surface area contributed by atoms with Crippen molar-refractivity contribution in [3.8, 4) is 0 Å². The first-order valence-electron chi connectivity index (χ1n) is 11.1. The molecule has 37 heavy (non-hydrogen) atoms. The molecule has 0 spiro atoms. The maximum atomic E-state index is 5.79. The summed E-state index contributed by atoms with van der Waals surface area (Å²) < 4.78 is 0. The van der Waals surface area contributed by atoms with E-state index < -0.39 is 0 Å². The summed E-state index contributed by atoms with van der Waals surface area (Å²) in [6.07, 6.45) is 3.30. The van der Waals surface area contributed by atoms with Gasteiger partial charge in [0.2, 0.25) is 23.8 Å². The molecule has 0 bridgehead atoms. The number of aliphatic imine (C=N–C) groups is 4. The van der Waals surface area contributed by atoms with E-state index in [1.165, 1.54) is 0 Å². The summed E-state index contributed by atoms with van der Waals surface area (Å²) in [5.74, 6) is 0.743. The standard InChI is InChI=1S/C13H20ClN5.C10H14ClN5.2ClH/c1-2-3-4-9-17-12(15)19-13(16)18-11-7-5-10(14)6-8-11;1-2-14-9(12)16-10(13)15-8-5-3-7(11)4-6-8;;/h5-8H,2-4,9H2,1H3,(H5,15,16,17,18,19);3-6H,2H2,1H3,(H5,12,13,14,15,16);2*1H. The summed E-state index contributed by atoms with van der Waals surface area (Å²) in [7, 11) is 0. The van der Waals surface area contributed by atoms with E-state index in [0.717, 1.165) is 30.6 Å². The summed E-state index contributed by atoms with van der Waals surface area (Å²) in [6.45, 7) is 5.26. The molecule has 206 valence electrons. The molecule has 10 N–H and O–H groups in total. The number of hydrogen-bond acceptors (Lipinski definition) is 2. The zero-order valence-corrected chi connectivity index (χ0v) is 24.0. The number of hydrogen-bond donors (Lipinski definition) is 6. The lowest BCUT2D eigenvalue weighted by Gasteiger charge is -2.05. The van der Waals surface area contributed by atoms with Crippen molar-refractivity contribution in [3.05, 3.63) is 58.6 Å². The molecular weight excluding hydrogens is 558 g/mol. The van der Waals surface area contributed by atoms with Gasteiger partial charge in [0.25, 0.3) is 0 Å². The number of guanidine groups is 4. The summed E-state index contributed by atoms with van der Waals surface area (Å²) >= 11 is 11.5. The normalized spacial score (nSPS) is 11.9. The van der Waals surface area contributed by atoms with E-state index in [-0.39, 0.29) is 48.7 Å². The Balaban J connectivity index is 0. The number of nitrogens with one attached hydrogen (secondary N) is 2. The van der Waals surface area contributed by atoms with Gasteiger partial charge in [-0.1, -0.05) is 43.0 Å². The second-order valence-electron chi connectivity index (χ2n) is 7.04. The zero-order chi connectivity index (χ0) is 26.1. The van der Waals surface area contributed by atoms with Crippen LogP contribution < -0.4 is 33.6 Å². The lowest BCUT2D eigenvalue weighted by atomic mass is 10.2. The van der Waals surface area contributed by atoms with Crippen LogP contribution in [0.15, 0.2) is 68.5 Å². The number of unbranched alkanes of at least 4 members (excludes halogenated alkanes) is 2. The Kier molecular flexibility index (Phi) is 20.8. The molecule has 0 aliphatic carbocycles. The van der Waals surface area contributed by atoms with Crippen LogP contribution in [0, 0.1) is 0 Å². The molecule has 0 aliphatic rings. The number of anilines is 2. The van der Waals surface area contributed by atoms with Gasteiger partial charge in [0.1, 0.15) is 0 Å². The van der Waals surface area contributed by atoms with Crippen LogP contribution >= 0.6 is 48.0 Å². The van der Waals surface area contributed by atoms with Gasteiger partial charge < -0.3 is 33.6 Å². The van der Waals surface area contributed by atoms with E-state index in [1.807, 2.05) is 6.92 Å². The molecular formula is C23H36Cl4N10. The molecule has 0 amide bonds. The number of nitrogens with two attached hydrogens (primary N) is 4. The third-order valence-electron chi connectivity index (χ3n) is 4.06. The Labute approximate surface area is 240 Å². The first-order chi connectivity index (χ1) is 16.7. The van der Waals surface area contributed by atoms with Crippen molar-refractivity contribution in [2.24, 2.45) is 42.9 Å². The minimum absolute atomic E-state index is 0. The van der Waals surface area contributed by atoms with Crippen molar-refractivity contribution in [1.29, 1.82) is 0 Å². The molecule has 0 aliphatic heterocycles. The van der Waals surface area contributed by atoms with Crippen molar-refractivity contribution in [1.82, 2.24) is 0 Å². The molecule has 14 heteroatoms. The van der Waals surface area contributed by atoms with Crippen LogP contribution in [-0.2, 0) is 0 Å². The molecule has 2 aromatic rings. The fourth-order valence-electron chi connectivity index (χ4n) is 2.45. The number of rotatable bonds is 7. The van der Waals surface area contributed by atoms with Gasteiger partial charge in [0.05, 0.1) is 0 Å². The second-order valence-corrected chi connectivity index (χ2v) is 7.91. The maximum Gasteiger partial charge on any atom is 0.218 e. The first kappa shape index (κ1) is 36.2. The van der Waals surface area contributed by atoms with E-state index in [4.69, 9.17) is 46.1 Å². The smallest absolute Gasteiger partial charge is 0.218 e. The summed E-state index contributed by atoms with van der Waals surface area (Å²) in [4.78, 5) is 15.8. The summed E-state index contributed by atoms with van der Waals surface area (Å²) in [5, 5.41) is 7.10. The highest BCUT2D eigenvalue weighted by atomic mass is 35.5. The predicted molar refractivity (Wildman–Crippen MR) is 166 cm³/mol. The molecule has 0 aromatic heterocycles. The van der Waals surface area contributed by atoms with Gasteiger partial charge in [-0.3, -0.25) is 9.98 Å². The summed E-state index contributed by atoms with van der Waals surface area (Å²) in [6, 6.07) is 14.2. The van der Waals surface area contributed by atoms with Gasteiger partial charge >= 0.3 is 0 Å². The van der Waals surface area contributed by atoms with Crippen LogP contribution in [-0.4, -0.2) is 36.9 Å². The largest absolute Gasteiger partial charge is 0.369 e. The van der Waals surface area contributed by atoms with Gasteiger partial charge in [-0.25, -0.2) is 0 Å². The van der Waals surface area contributed by atoms with Crippen molar-refractivity contribution in [2.75, 3.05) is 23.7 Å². The second kappa shape index (κ2) is 21.2. The molecule has 2 rings (SSSR count). The molecule has 10 nitrogen and oxygen atoms in total. The molecule has 0 atom stereocenters. The Morgan fingerprint density at radius 2 is 1.08 bits per heavy atom. The van der Waals surface area contributed by atoms with Gasteiger partial charge in [-0.05, 0) is 61.9 Å². The number of benzene rings is 2. The predicted octanol–water partition coefficient (Wildman–Crippen LogP) is 4.82. The van der Waals surface area contributed by atoms with Crippen LogP contribution in [0.4, 0.5) is 11.4 Å². The van der Waals surface area contributed by atoms with Gasteiger partial charge in [-0.15, -0.1) is 24.8 Å². The van der Waals surface area contributed by atoms with E-state index in [1.54, 1.807) is 48.5 Å². The van der Waals surface area contributed by atoms with Crippen molar-refractivity contribution in [3.63, 3.8) is 0 Å². The third kappa shape index (κ3) is 18.0. The zero-order valence-electron chi connectivity index (χ0n) is 20.8. The Morgan fingerprint density at radius 3 is 1.46 bits per heavy atom. The highest BCUT2D eigenvalue weighted by Gasteiger charge is 1.97. The Bertz CT molecular complexity index is 1010. The van der Waals surface area contributed by atoms with Crippen molar-refractivity contribution >= 4 is 83.2 Å². The lowest BCUT2D eigenvalue weighted by molar-refractivity contribution is 0.727. The topological polar surface area (TPSA) is 178 Å². The highest BCUT2D eigenvalue weighted by molar-refractivity contribution is 6.31. The minimum atomic E-state index is 0. The van der Waals surface area contributed by atoms with Crippen molar-refractivity contribution < 1.29 is 0 Å². The van der Waals surface area contributed by atoms with Gasteiger partial charge in [0, 0.05) is 34.5 Å². The maximum absolute atomic E-state index is 5.79.